The third kappa shape index (κ3) is 3.42. The number of ether oxygens (including phenoxy) is 2. The lowest BCUT2D eigenvalue weighted by molar-refractivity contribution is 0.174. The number of hydrogen-bond donors (Lipinski definition) is 1. The van der Waals surface area contributed by atoms with E-state index in [-0.39, 0.29) is 18.9 Å². The summed E-state index contributed by atoms with van der Waals surface area (Å²) < 4.78 is 10.7. The highest BCUT2D eigenvalue weighted by atomic mass is 32.1. The molecule has 0 aliphatic carbocycles. The van der Waals surface area contributed by atoms with Gasteiger partial charge < -0.3 is 19.7 Å². The van der Waals surface area contributed by atoms with Crippen LogP contribution in [0.5, 0.6) is 11.5 Å². The molecule has 5 nitrogen and oxygen atoms in total. The molecule has 0 spiro atoms. The zero-order chi connectivity index (χ0) is 16.4. The minimum atomic E-state index is -0.108. The van der Waals surface area contributed by atoms with E-state index in [2.05, 4.69) is 18.3 Å². The molecular weight excluding hydrogens is 312 g/mol. The Morgan fingerprint density at radius 2 is 2.13 bits per heavy atom. The number of nitrogens with zero attached hydrogens (tertiary/aromatic N) is 1. The fourth-order valence-electron chi connectivity index (χ4n) is 2.41. The lowest BCUT2D eigenvalue weighted by Crippen LogP contribution is -2.38. The van der Waals surface area contributed by atoms with Crippen molar-refractivity contribution >= 4 is 17.4 Å². The second-order valence-electron chi connectivity index (χ2n) is 5.67. The zero-order valence-electron chi connectivity index (χ0n) is 13.5. The van der Waals surface area contributed by atoms with Crippen LogP contribution in [0.25, 0.3) is 0 Å². The number of amides is 2. The molecule has 0 radical (unpaired) electrons. The molecule has 1 atom stereocenters. The molecule has 1 N–H and O–H groups in total. The Hall–Kier alpha value is -2.21. The molecule has 3 rings (SSSR count). The molecule has 122 valence electrons. The number of nitrogens with one attached hydrogen (secondary N) is 1. The molecule has 1 aliphatic heterocycles. The van der Waals surface area contributed by atoms with Crippen LogP contribution in [0.3, 0.4) is 0 Å². The number of thiophene rings is 1. The average Bonchev–Trinajstić information content (AvgIpc) is 3.15. The number of aryl methyl sites for hydroxylation is 1. The van der Waals surface area contributed by atoms with Crippen LogP contribution in [0.4, 0.5) is 4.79 Å². The molecule has 0 saturated carbocycles. The fourth-order valence-corrected chi connectivity index (χ4v) is 3.37. The standard InChI is InChI=1S/C17H20N2O3S/c1-11-6-7-23-16(11)9-19(3)17(20)18-12(2)13-4-5-14-15(8-13)22-10-21-14/h4-8,12H,9-10H2,1-3H3,(H,18,20). The average molecular weight is 332 g/mol. The first-order chi connectivity index (χ1) is 11.0. The van der Waals surface area contributed by atoms with Crippen molar-refractivity contribution in [3.8, 4) is 11.5 Å². The van der Waals surface area contributed by atoms with E-state index in [1.807, 2.05) is 30.5 Å². The van der Waals surface area contributed by atoms with E-state index in [0.717, 1.165) is 17.1 Å². The van der Waals surface area contributed by atoms with Gasteiger partial charge in [0, 0.05) is 11.9 Å². The molecule has 2 aromatic rings. The van der Waals surface area contributed by atoms with Crippen molar-refractivity contribution in [1.29, 1.82) is 0 Å². The number of benzene rings is 1. The summed E-state index contributed by atoms with van der Waals surface area (Å²) >= 11 is 1.67. The van der Waals surface area contributed by atoms with Crippen LogP contribution in [-0.2, 0) is 6.54 Å². The van der Waals surface area contributed by atoms with Gasteiger partial charge in [0.05, 0.1) is 12.6 Å². The molecule has 1 aromatic heterocycles. The van der Waals surface area contributed by atoms with Crippen molar-refractivity contribution < 1.29 is 14.3 Å². The van der Waals surface area contributed by atoms with E-state index in [1.54, 1.807) is 23.3 Å². The first-order valence-corrected chi connectivity index (χ1v) is 8.36. The minimum Gasteiger partial charge on any atom is -0.454 e. The van der Waals surface area contributed by atoms with Crippen LogP contribution in [0.2, 0.25) is 0 Å². The van der Waals surface area contributed by atoms with E-state index in [0.29, 0.717) is 6.54 Å². The summed E-state index contributed by atoms with van der Waals surface area (Å²) in [5, 5.41) is 5.06. The van der Waals surface area contributed by atoms with Crippen LogP contribution < -0.4 is 14.8 Å². The van der Waals surface area contributed by atoms with E-state index in [4.69, 9.17) is 9.47 Å². The van der Waals surface area contributed by atoms with Gasteiger partial charge in [-0.15, -0.1) is 11.3 Å². The Morgan fingerprint density at radius 1 is 1.35 bits per heavy atom. The highest BCUT2D eigenvalue weighted by Gasteiger charge is 2.18. The van der Waals surface area contributed by atoms with Gasteiger partial charge in [0.1, 0.15) is 0 Å². The minimum absolute atomic E-state index is 0.0945. The number of carbonyl (C=O) groups is 1. The van der Waals surface area contributed by atoms with Gasteiger partial charge in [-0.2, -0.15) is 0 Å². The molecule has 0 saturated heterocycles. The van der Waals surface area contributed by atoms with Crippen LogP contribution in [-0.4, -0.2) is 24.8 Å². The Kier molecular flexibility index (Phi) is 4.43. The monoisotopic (exact) mass is 332 g/mol. The van der Waals surface area contributed by atoms with E-state index in [9.17, 15) is 4.79 Å². The predicted molar refractivity (Wildman–Crippen MR) is 90.0 cm³/mol. The third-order valence-corrected chi connectivity index (χ3v) is 4.94. The van der Waals surface area contributed by atoms with Gasteiger partial charge in [-0.25, -0.2) is 4.79 Å². The number of urea groups is 1. The normalized spacial score (nSPS) is 13.7. The SMILES string of the molecule is Cc1ccsc1CN(C)C(=O)NC(C)c1ccc2c(c1)OCO2. The second-order valence-corrected chi connectivity index (χ2v) is 6.67. The van der Waals surface area contributed by atoms with Crippen molar-refractivity contribution in [3.63, 3.8) is 0 Å². The topological polar surface area (TPSA) is 50.8 Å². The maximum Gasteiger partial charge on any atom is 0.317 e. The summed E-state index contributed by atoms with van der Waals surface area (Å²) in [6, 6.07) is 7.60. The summed E-state index contributed by atoms with van der Waals surface area (Å²) in [5.74, 6) is 1.48. The lowest BCUT2D eigenvalue weighted by atomic mass is 10.1. The van der Waals surface area contributed by atoms with E-state index < -0.39 is 0 Å². The molecule has 2 heterocycles. The summed E-state index contributed by atoms with van der Waals surface area (Å²) in [6.07, 6.45) is 0. The van der Waals surface area contributed by atoms with Gasteiger partial charge in [0.2, 0.25) is 6.79 Å². The molecule has 0 fully saturated rings. The van der Waals surface area contributed by atoms with Gasteiger partial charge >= 0.3 is 6.03 Å². The lowest BCUT2D eigenvalue weighted by Gasteiger charge is -2.21. The number of fused-ring (bicyclic) bond motifs is 1. The number of carbonyl (C=O) groups excluding carboxylic acids is 1. The van der Waals surface area contributed by atoms with E-state index in [1.165, 1.54) is 10.4 Å². The first-order valence-electron chi connectivity index (χ1n) is 7.48. The van der Waals surface area contributed by atoms with Crippen LogP contribution in [0.1, 0.15) is 29.0 Å². The van der Waals surface area contributed by atoms with Crippen molar-refractivity contribution in [3.05, 3.63) is 45.6 Å². The Labute approximate surface area is 139 Å². The van der Waals surface area contributed by atoms with Gasteiger partial charge in [-0.3, -0.25) is 0 Å². The maximum absolute atomic E-state index is 12.4. The number of hydrogen-bond acceptors (Lipinski definition) is 4. The van der Waals surface area contributed by atoms with Crippen molar-refractivity contribution in [2.24, 2.45) is 0 Å². The van der Waals surface area contributed by atoms with Gasteiger partial charge in [-0.1, -0.05) is 6.07 Å². The van der Waals surface area contributed by atoms with Gasteiger partial charge in [0.25, 0.3) is 0 Å². The molecule has 0 bridgehead atoms. The number of rotatable bonds is 4. The second kappa shape index (κ2) is 6.50. The molecule has 1 aliphatic rings. The van der Waals surface area contributed by atoms with Gasteiger partial charge in [0.15, 0.2) is 11.5 Å². The summed E-state index contributed by atoms with van der Waals surface area (Å²) in [4.78, 5) is 15.3. The van der Waals surface area contributed by atoms with E-state index >= 15 is 0 Å². The Morgan fingerprint density at radius 3 is 2.87 bits per heavy atom. The maximum atomic E-state index is 12.4. The largest absolute Gasteiger partial charge is 0.454 e. The van der Waals surface area contributed by atoms with Crippen molar-refractivity contribution in [1.82, 2.24) is 10.2 Å². The predicted octanol–water partition coefficient (Wildman–Crippen LogP) is 3.69. The first kappa shape index (κ1) is 15.7. The Bertz CT molecular complexity index is 714. The summed E-state index contributed by atoms with van der Waals surface area (Å²) in [6.45, 7) is 4.89. The molecule has 23 heavy (non-hydrogen) atoms. The zero-order valence-corrected chi connectivity index (χ0v) is 14.3. The quantitative estimate of drug-likeness (QED) is 0.929. The highest BCUT2D eigenvalue weighted by Crippen LogP contribution is 2.34. The molecule has 2 amide bonds. The molecule has 1 unspecified atom stereocenters. The highest BCUT2D eigenvalue weighted by molar-refractivity contribution is 7.10. The molecule has 6 heteroatoms. The Balaban J connectivity index is 1.61. The third-order valence-electron chi connectivity index (χ3n) is 3.93. The van der Waals surface area contributed by atoms with Crippen LogP contribution in [0.15, 0.2) is 29.6 Å². The van der Waals surface area contributed by atoms with Crippen molar-refractivity contribution in [2.45, 2.75) is 26.4 Å². The van der Waals surface area contributed by atoms with Crippen LogP contribution >= 0.6 is 11.3 Å². The molecule has 1 aromatic carbocycles. The van der Waals surface area contributed by atoms with Crippen molar-refractivity contribution in [2.75, 3.05) is 13.8 Å². The smallest absolute Gasteiger partial charge is 0.317 e. The van der Waals surface area contributed by atoms with Gasteiger partial charge in [-0.05, 0) is 48.6 Å². The fraction of sp³-hybridized carbons (Fsp3) is 0.353. The van der Waals surface area contributed by atoms with Crippen LogP contribution in [0, 0.1) is 6.92 Å². The molecular formula is C17H20N2O3S. The summed E-state index contributed by atoms with van der Waals surface area (Å²) in [5.41, 5.74) is 2.21. The summed E-state index contributed by atoms with van der Waals surface area (Å²) in [7, 11) is 1.81.